The Morgan fingerprint density at radius 2 is 1.73 bits per heavy atom. The van der Waals surface area contributed by atoms with E-state index in [0.717, 1.165) is 49.9 Å². The molecule has 11 heteroatoms. The van der Waals surface area contributed by atoms with Gasteiger partial charge in [-0.3, -0.25) is 9.59 Å². The van der Waals surface area contributed by atoms with Crippen LogP contribution in [0.1, 0.15) is 142 Å². The maximum Gasteiger partial charge on any atom is 0.329 e. The Morgan fingerprint density at radius 1 is 0.982 bits per heavy atom. The molecule has 0 aromatic carbocycles. The van der Waals surface area contributed by atoms with E-state index < -0.39 is 42.0 Å². The quantitative estimate of drug-likeness (QED) is 0.183. The number of amides is 1. The van der Waals surface area contributed by atoms with E-state index in [2.05, 4.69) is 51.9 Å². The first-order valence-electron chi connectivity index (χ1n) is 21.0. The van der Waals surface area contributed by atoms with Gasteiger partial charge in [-0.05, 0) is 114 Å². The number of ketones is 1. The molecule has 55 heavy (non-hydrogen) atoms. The molecule has 3 fully saturated rings. The smallest absolute Gasteiger partial charge is 0.329 e. The van der Waals surface area contributed by atoms with E-state index in [1.54, 1.807) is 14.2 Å². The van der Waals surface area contributed by atoms with Crippen LogP contribution in [0.2, 0.25) is 0 Å². The van der Waals surface area contributed by atoms with Gasteiger partial charge in [0.25, 0.3) is 5.91 Å². The number of fused-ring (bicyclic) bond motifs is 5. The third kappa shape index (κ3) is 10.6. The number of ether oxygens (including phenoxy) is 4. The SMILES string of the molecule is CC[C@@H]1/C=C(\C)C[C@H](C)C[C@H](C)[C@H]2O[C@@H](C[C@H](C)C[C@@H]2OC)C(=O)C(=O)N2CCCC[C@H]2C(=O)O[C@H](/C(C)=C/[C@@H]2CC[C@@H](O)[C@H](OC)C2)[C@H](C)c2cc1on2. The lowest BCUT2D eigenvalue weighted by molar-refractivity contribution is -0.166. The third-order valence-electron chi connectivity index (χ3n) is 12.8. The van der Waals surface area contributed by atoms with Crippen molar-refractivity contribution >= 4 is 17.7 Å². The second kappa shape index (κ2) is 19.5. The Kier molecular flexibility index (Phi) is 15.4. The maximum atomic E-state index is 14.4. The number of piperidine rings is 1. The van der Waals surface area contributed by atoms with Crippen LogP contribution < -0.4 is 0 Å². The molecule has 13 atom stereocenters. The van der Waals surface area contributed by atoms with Gasteiger partial charge in [-0.15, -0.1) is 0 Å². The number of hydrogen-bond acceptors (Lipinski definition) is 10. The number of cyclic esters (lactones) is 1. The molecule has 1 N–H and O–H groups in total. The summed E-state index contributed by atoms with van der Waals surface area (Å²) in [5, 5.41) is 15.0. The minimum absolute atomic E-state index is 0.0302. The summed E-state index contributed by atoms with van der Waals surface area (Å²) in [6.45, 7) is 15.0. The number of aliphatic hydroxyl groups excluding tert-OH is 1. The number of esters is 1. The largest absolute Gasteiger partial charge is 0.456 e. The van der Waals surface area contributed by atoms with Crippen molar-refractivity contribution in [2.75, 3.05) is 20.8 Å². The summed E-state index contributed by atoms with van der Waals surface area (Å²) in [5.74, 6) is -0.770. The zero-order valence-electron chi connectivity index (χ0n) is 34.8. The molecule has 5 rings (SSSR count). The zero-order chi connectivity index (χ0) is 40.0. The van der Waals surface area contributed by atoms with Gasteiger partial charge in [-0.1, -0.05) is 57.5 Å². The molecule has 4 heterocycles. The molecule has 1 amide bonds. The Balaban J connectivity index is 1.54. The van der Waals surface area contributed by atoms with Gasteiger partial charge < -0.3 is 33.5 Å². The fourth-order valence-electron chi connectivity index (χ4n) is 9.80. The Hall–Kier alpha value is -2.86. The summed E-state index contributed by atoms with van der Waals surface area (Å²) >= 11 is 0. The van der Waals surface area contributed by atoms with Gasteiger partial charge >= 0.3 is 5.97 Å². The van der Waals surface area contributed by atoms with Gasteiger partial charge in [0, 0.05) is 38.7 Å². The number of carbonyl (C=O) groups is 3. The first kappa shape index (κ1) is 43.3. The number of aromatic nitrogens is 1. The van der Waals surface area contributed by atoms with Crippen LogP contribution in [0, 0.1) is 23.7 Å². The van der Waals surface area contributed by atoms with Crippen LogP contribution in [-0.2, 0) is 33.3 Å². The average molecular weight is 769 g/mol. The number of hydrogen-bond donors (Lipinski definition) is 1. The van der Waals surface area contributed by atoms with Crippen LogP contribution in [-0.4, -0.2) is 96.3 Å². The van der Waals surface area contributed by atoms with E-state index in [9.17, 15) is 19.5 Å². The summed E-state index contributed by atoms with van der Waals surface area (Å²) < 4.78 is 30.7. The van der Waals surface area contributed by atoms with Crippen LogP contribution in [0.3, 0.4) is 0 Å². The van der Waals surface area contributed by atoms with Gasteiger partial charge in [-0.2, -0.15) is 0 Å². The summed E-state index contributed by atoms with van der Waals surface area (Å²) in [7, 11) is 3.32. The minimum Gasteiger partial charge on any atom is -0.456 e. The number of rotatable bonds is 5. The number of nitrogens with zero attached hydrogens (tertiary/aromatic N) is 2. The molecule has 2 saturated heterocycles. The van der Waals surface area contributed by atoms with E-state index >= 15 is 0 Å². The predicted octanol–water partition coefficient (Wildman–Crippen LogP) is 7.47. The first-order valence-corrected chi connectivity index (χ1v) is 21.0. The standard InChI is InChI=1S/C44H68N2O9/c1-10-32-19-26(3)17-25(2)18-28(5)42-39(52-9)21-27(4)20-38(53-42)40(48)43(49)46-16-12-11-13-34(46)44(50)54-41(30(7)33-24-36(32)55-45-33)29(6)22-31-14-15-35(47)37(23-31)51-8/h19,22,24-25,27-28,30-32,34-35,37-39,41-42,47H,10-18,20-21,23H2,1-9H3/b26-19+,29-22+/t25-,27-,28-,30+,31-,32+,34-,35+,37+,38-,39-,41+,42+/m0/s1. The lowest BCUT2D eigenvalue weighted by Crippen LogP contribution is -2.54. The van der Waals surface area contributed by atoms with Crippen LogP contribution in [0.4, 0.5) is 0 Å². The van der Waals surface area contributed by atoms with Crippen molar-refractivity contribution in [3.8, 4) is 0 Å². The molecular formula is C44H68N2O9. The second-order valence-corrected chi connectivity index (χ2v) is 17.5. The summed E-state index contributed by atoms with van der Waals surface area (Å²) in [6, 6.07) is 1.09. The molecule has 1 aromatic heterocycles. The summed E-state index contributed by atoms with van der Waals surface area (Å²) in [4.78, 5) is 44.3. The number of Topliss-reactive ketones (excluding diaryl/α,β-unsaturated/α-hetero) is 1. The van der Waals surface area contributed by atoms with Gasteiger partial charge in [-0.25, -0.2) is 4.79 Å². The van der Waals surface area contributed by atoms with E-state index in [1.807, 2.05) is 19.9 Å². The molecular weight excluding hydrogens is 700 g/mol. The number of carbonyl (C=O) groups excluding carboxylic acids is 3. The average Bonchev–Trinajstić information content (AvgIpc) is 3.59. The molecule has 1 aliphatic carbocycles. The van der Waals surface area contributed by atoms with E-state index in [4.69, 9.17) is 23.5 Å². The predicted molar refractivity (Wildman–Crippen MR) is 209 cm³/mol. The van der Waals surface area contributed by atoms with Crippen molar-refractivity contribution in [2.45, 2.75) is 174 Å². The van der Waals surface area contributed by atoms with Crippen molar-refractivity contribution in [3.63, 3.8) is 0 Å². The molecule has 0 spiro atoms. The Morgan fingerprint density at radius 3 is 2.44 bits per heavy atom. The van der Waals surface area contributed by atoms with E-state index in [1.165, 1.54) is 10.5 Å². The first-order chi connectivity index (χ1) is 26.2. The molecule has 0 radical (unpaired) electrons. The summed E-state index contributed by atoms with van der Waals surface area (Å²) in [6.07, 6.45) is 9.05. The lowest BCUT2D eigenvalue weighted by atomic mass is 9.82. The molecule has 1 aromatic rings. The maximum absolute atomic E-state index is 14.4. The Bertz CT molecular complexity index is 1520. The topological polar surface area (TPSA) is 138 Å². The third-order valence-corrected chi connectivity index (χ3v) is 12.8. The van der Waals surface area contributed by atoms with Crippen molar-refractivity contribution in [1.29, 1.82) is 0 Å². The zero-order valence-corrected chi connectivity index (χ0v) is 34.8. The monoisotopic (exact) mass is 768 g/mol. The van der Waals surface area contributed by atoms with Crippen molar-refractivity contribution in [2.24, 2.45) is 23.7 Å². The highest BCUT2D eigenvalue weighted by molar-refractivity contribution is 6.38. The molecule has 4 bridgehead atoms. The second-order valence-electron chi connectivity index (χ2n) is 17.5. The highest BCUT2D eigenvalue weighted by Gasteiger charge is 2.44. The highest BCUT2D eigenvalue weighted by Crippen LogP contribution is 2.37. The van der Waals surface area contributed by atoms with Gasteiger partial charge in [0.15, 0.2) is 0 Å². The highest BCUT2D eigenvalue weighted by atomic mass is 16.6. The summed E-state index contributed by atoms with van der Waals surface area (Å²) in [5.41, 5.74) is 2.80. The van der Waals surface area contributed by atoms with Crippen LogP contribution in [0.5, 0.6) is 0 Å². The molecule has 3 aliphatic heterocycles. The van der Waals surface area contributed by atoms with Crippen LogP contribution >= 0.6 is 0 Å². The molecule has 308 valence electrons. The van der Waals surface area contributed by atoms with Crippen molar-refractivity contribution in [3.05, 3.63) is 40.8 Å². The van der Waals surface area contributed by atoms with Gasteiger partial charge in [0.2, 0.25) is 5.78 Å². The van der Waals surface area contributed by atoms with Crippen LogP contribution in [0.25, 0.3) is 0 Å². The number of methoxy groups -OCH3 is 2. The number of allylic oxidation sites excluding steroid dienone is 3. The van der Waals surface area contributed by atoms with Gasteiger partial charge in [0.05, 0.1) is 30.1 Å². The minimum atomic E-state index is -0.922. The number of aliphatic hydroxyl groups is 1. The lowest BCUT2D eigenvalue weighted by Gasteiger charge is -2.36. The fourth-order valence-corrected chi connectivity index (χ4v) is 9.80. The van der Waals surface area contributed by atoms with Crippen LogP contribution in [0.15, 0.2) is 33.9 Å². The van der Waals surface area contributed by atoms with E-state index in [0.29, 0.717) is 50.3 Å². The fraction of sp³-hybridized carbons (Fsp3) is 0.773. The molecule has 1 saturated carbocycles. The Labute approximate surface area is 328 Å². The molecule has 11 nitrogen and oxygen atoms in total. The normalized spacial score (nSPS) is 38.9. The van der Waals surface area contributed by atoms with Gasteiger partial charge in [0.1, 0.15) is 24.0 Å². The van der Waals surface area contributed by atoms with Crippen molar-refractivity contribution in [1.82, 2.24) is 10.1 Å². The van der Waals surface area contributed by atoms with E-state index in [-0.39, 0.29) is 47.9 Å². The molecule has 4 aliphatic rings. The van der Waals surface area contributed by atoms with Crippen molar-refractivity contribution < 1.29 is 43.0 Å². The molecule has 0 unspecified atom stereocenters.